The van der Waals surface area contributed by atoms with Gasteiger partial charge < -0.3 is 5.11 Å². The highest BCUT2D eigenvalue weighted by molar-refractivity contribution is 5.95. The number of hydrogen-bond acceptors (Lipinski definition) is 3. The van der Waals surface area contributed by atoms with Gasteiger partial charge in [-0.2, -0.15) is 0 Å². The largest absolute Gasteiger partial charge is 0.391 e. The van der Waals surface area contributed by atoms with Crippen molar-refractivity contribution in [2.24, 2.45) is 11.3 Å². The van der Waals surface area contributed by atoms with Crippen LogP contribution in [0.2, 0.25) is 0 Å². The Morgan fingerprint density at radius 2 is 2.11 bits per heavy atom. The van der Waals surface area contributed by atoms with Crippen LogP contribution in [-0.2, 0) is 4.79 Å². The maximum absolute atomic E-state index is 12.1. The van der Waals surface area contributed by atoms with E-state index in [9.17, 15) is 9.90 Å². The van der Waals surface area contributed by atoms with Crippen molar-refractivity contribution in [2.45, 2.75) is 59.1 Å². The topological polar surface area (TPSA) is 40.5 Å². The van der Waals surface area contributed by atoms with E-state index >= 15 is 0 Å². The average molecular weight is 265 g/mol. The molecule has 0 amide bonds. The van der Waals surface area contributed by atoms with Crippen LogP contribution in [0, 0.1) is 11.3 Å². The van der Waals surface area contributed by atoms with Crippen molar-refractivity contribution >= 4 is 5.78 Å². The summed E-state index contributed by atoms with van der Waals surface area (Å²) in [7, 11) is 0. The Bertz CT molecular complexity index is 386. The third-order valence-corrected chi connectivity index (χ3v) is 4.71. The highest BCUT2D eigenvalue weighted by Gasteiger charge is 2.41. The molecule has 1 fully saturated rings. The number of Topliss-reactive ketones (excluding diaryl/α,β-unsaturated/α-hetero) is 1. The van der Waals surface area contributed by atoms with Crippen LogP contribution in [0.15, 0.2) is 11.6 Å². The van der Waals surface area contributed by atoms with Crippen molar-refractivity contribution in [2.75, 3.05) is 13.1 Å². The second-order valence-electron chi connectivity index (χ2n) is 7.12. The van der Waals surface area contributed by atoms with Crippen molar-refractivity contribution in [3.8, 4) is 0 Å². The molecular weight excluding hydrogens is 238 g/mol. The standard InChI is InChI=1S/C16H27NO2/c1-11-6-5-7-17(10-11)13-8-12(2)14(18)9-16(3,4)15(13)19/h8,11,13,15,19H,5-7,9-10H2,1-4H3. The van der Waals surface area contributed by atoms with Gasteiger partial charge in [0.25, 0.3) is 0 Å². The molecule has 0 aromatic carbocycles. The number of likely N-dealkylation sites (tertiary alicyclic amines) is 1. The smallest absolute Gasteiger partial charge is 0.158 e. The second kappa shape index (κ2) is 5.37. The van der Waals surface area contributed by atoms with Crippen LogP contribution in [-0.4, -0.2) is 41.0 Å². The second-order valence-corrected chi connectivity index (χ2v) is 7.12. The zero-order valence-electron chi connectivity index (χ0n) is 12.6. The fourth-order valence-electron chi connectivity index (χ4n) is 3.36. The molecule has 19 heavy (non-hydrogen) atoms. The molecule has 1 aliphatic carbocycles. The molecule has 2 rings (SSSR count). The molecule has 3 nitrogen and oxygen atoms in total. The number of piperidine rings is 1. The lowest BCUT2D eigenvalue weighted by atomic mass is 9.79. The summed E-state index contributed by atoms with van der Waals surface area (Å²) in [6.07, 6.45) is 4.42. The number of aliphatic hydroxyl groups is 1. The van der Waals surface area contributed by atoms with E-state index in [1.165, 1.54) is 12.8 Å². The third-order valence-electron chi connectivity index (χ3n) is 4.71. The number of allylic oxidation sites excluding steroid dienone is 1. The number of aliphatic hydroxyl groups excluding tert-OH is 1. The number of carbonyl (C=O) groups excluding carboxylic acids is 1. The summed E-state index contributed by atoms with van der Waals surface area (Å²) in [5.74, 6) is 0.855. The van der Waals surface area contributed by atoms with Crippen molar-refractivity contribution in [3.05, 3.63) is 11.6 Å². The number of nitrogens with zero attached hydrogens (tertiary/aromatic N) is 1. The Kier molecular flexibility index (Phi) is 4.17. The lowest BCUT2D eigenvalue weighted by molar-refractivity contribution is -0.119. The van der Waals surface area contributed by atoms with E-state index in [1.807, 2.05) is 26.8 Å². The summed E-state index contributed by atoms with van der Waals surface area (Å²) in [4.78, 5) is 14.4. The van der Waals surface area contributed by atoms with Gasteiger partial charge in [-0.05, 0) is 43.2 Å². The van der Waals surface area contributed by atoms with Gasteiger partial charge in [0, 0.05) is 13.0 Å². The van der Waals surface area contributed by atoms with Crippen molar-refractivity contribution in [1.82, 2.24) is 4.90 Å². The van der Waals surface area contributed by atoms with Crippen LogP contribution in [0.1, 0.15) is 47.0 Å². The van der Waals surface area contributed by atoms with Crippen LogP contribution in [0.5, 0.6) is 0 Å². The molecular formula is C16H27NO2. The average Bonchev–Trinajstić information content (AvgIpc) is 2.40. The summed E-state index contributed by atoms with van der Waals surface area (Å²) in [6, 6.07) is -0.0100. The Hall–Kier alpha value is -0.670. The molecule has 0 bridgehead atoms. The maximum Gasteiger partial charge on any atom is 0.158 e. The zero-order chi connectivity index (χ0) is 14.2. The van der Waals surface area contributed by atoms with Crippen LogP contribution < -0.4 is 0 Å². The Balaban J connectivity index is 2.27. The Labute approximate surface area is 116 Å². The van der Waals surface area contributed by atoms with Gasteiger partial charge in [-0.15, -0.1) is 0 Å². The summed E-state index contributed by atoms with van der Waals surface area (Å²) >= 11 is 0. The lowest BCUT2D eigenvalue weighted by Gasteiger charge is -2.42. The predicted molar refractivity (Wildman–Crippen MR) is 76.9 cm³/mol. The third kappa shape index (κ3) is 3.09. The summed E-state index contributed by atoms with van der Waals surface area (Å²) in [5.41, 5.74) is 0.462. The van der Waals surface area contributed by atoms with E-state index in [2.05, 4.69) is 11.8 Å². The van der Waals surface area contributed by atoms with E-state index in [1.54, 1.807) is 0 Å². The van der Waals surface area contributed by atoms with Crippen molar-refractivity contribution in [3.63, 3.8) is 0 Å². The van der Waals surface area contributed by atoms with E-state index in [0.717, 1.165) is 18.7 Å². The van der Waals surface area contributed by atoms with Gasteiger partial charge in [0.15, 0.2) is 5.78 Å². The first-order chi connectivity index (χ1) is 8.81. The van der Waals surface area contributed by atoms with Gasteiger partial charge in [-0.1, -0.05) is 26.8 Å². The number of rotatable bonds is 1. The molecule has 3 unspecified atom stereocenters. The van der Waals surface area contributed by atoms with Gasteiger partial charge in [0.05, 0.1) is 12.1 Å². The van der Waals surface area contributed by atoms with Gasteiger partial charge in [0.1, 0.15) is 0 Å². The first kappa shape index (κ1) is 14.7. The molecule has 1 saturated heterocycles. The lowest BCUT2D eigenvalue weighted by Crippen LogP contribution is -2.51. The van der Waals surface area contributed by atoms with Crippen LogP contribution in [0.3, 0.4) is 0 Å². The molecule has 108 valence electrons. The van der Waals surface area contributed by atoms with Crippen LogP contribution >= 0.6 is 0 Å². The zero-order valence-corrected chi connectivity index (χ0v) is 12.6. The molecule has 0 saturated carbocycles. The Morgan fingerprint density at radius 1 is 1.42 bits per heavy atom. The SMILES string of the molecule is CC1=CC(N2CCCC(C)C2)C(O)C(C)(C)CC1=O. The first-order valence-corrected chi connectivity index (χ1v) is 7.45. The maximum atomic E-state index is 12.1. The minimum atomic E-state index is -0.473. The van der Waals surface area contributed by atoms with Crippen molar-refractivity contribution < 1.29 is 9.90 Å². The van der Waals surface area contributed by atoms with E-state index in [4.69, 9.17) is 0 Å². The van der Waals surface area contributed by atoms with E-state index < -0.39 is 6.10 Å². The summed E-state index contributed by atoms with van der Waals surface area (Å²) in [5, 5.41) is 10.7. The fourth-order valence-corrected chi connectivity index (χ4v) is 3.36. The first-order valence-electron chi connectivity index (χ1n) is 7.45. The minimum Gasteiger partial charge on any atom is -0.391 e. The predicted octanol–water partition coefficient (Wildman–Crippen LogP) is 2.39. The van der Waals surface area contributed by atoms with Crippen molar-refractivity contribution in [1.29, 1.82) is 0 Å². The number of hydrogen-bond donors (Lipinski definition) is 1. The van der Waals surface area contributed by atoms with Crippen LogP contribution in [0.4, 0.5) is 0 Å². The van der Waals surface area contributed by atoms with Gasteiger partial charge >= 0.3 is 0 Å². The minimum absolute atomic E-state index is 0.0100. The van der Waals surface area contributed by atoms with Gasteiger partial charge in [-0.3, -0.25) is 9.69 Å². The van der Waals surface area contributed by atoms with E-state index in [-0.39, 0.29) is 17.2 Å². The van der Waals surface area contributed by atoms with Gasteiger partial charge in [0.2, 0.25) is 0 Å². The summed E-state index contributed by atoms with van der Waals surface area (Å²) < 4.78 is 0. The molecule has 2 aliphatic rings. The molecule has 1 heterocycles. The molecule has 3 atom stereocenters. The molecule has 0 aromatic heterocycles. The Morgan fingerprint density at radius 3 is 2.74 bits per heavy atom. The number of carbonyl (C=O) groups is 1. The molecule has 1 aliphatic heterocycles. The normalized spacial score (nSPS) is 36.8. The van der Waals surface area contributed by atoms with E-state index in [0.29, 0.717) is 12.3 Å². The fraction of sp³-hybridized carbons (Fsp3) is 0.812. The molecule has 0 spiro atoms. The van der Waals surface area contributed by atoms with Gasteiger partial charge in [-0.25, -0.2) is 0 Å². The molecule has 3 heteroatoms. The summed E-state index contributed by atoms with van der Waals surface area (Å²) in [6.45, 7) is 10.2. The highest BCUT2D eigenvalue weighted by atomic mass is 16.3. The highest BCUT2D eigenvalue weighted by Crippen LogP contribution is 2.35. The molecule has 0 aromatic rings. The monoisotopic (exact) mass is 265 g/mol. The molecule has 1 N–H and O–H groups in total. The quantitative estimate of drug-likeness (QED) is 0.791. The van der Waals surface area contributed by atoms with Crippen LogP contribution in [0.25, 0.3) is 0 Å². The molecule has 0 radical (unpaired) electrons. The number of ketones is 1.